The summed E-state index contributed by atoms with van der Waals surface area (Å²) in [5, 5.41) is 1.21. The van der Waals surface area contributed by atoms with Crippen LogP contribution in [0.3, 0.4) is 0 Å². The zero-order chi connectivity index (χ0) is 13.4. The van der Waals surface area contributed by atoms with Crippen molar-refractivity contribution in [3.8, 4) is 0 Å². The van der Waals surface area contributed by atoms with E-state index in [2.05, 4.69) is 71.0 Å². The first kappa shape index (κ1) is 16.7. The Labute approximate surface area is 140 Å². The number of benzene rings is 1. The monoisotopic (exact) mass is 265 g/mol. The van der Waals surface area contributed by atoms with Crippen LogP contribution in [-0.4, -0.2) is 4.98 Å². The fraction of sp³-hybridized carbons (Fsp3) is 0.471. The predicted molar refractivity (Wildman–Crippen MR) is 80.0 cm³/mol. The molecule has 0 atom stereocenters. The summed E-state index contributed by atoms with van der Waals surface area (Å²) in [6, 6.07) is 12.7. The van der Waals surface area contributed by atoms with Gasteiger partial charge >= 0.3 is 29.6 Å². The summed E-state index contributed by atoms with van der Waals surface area (Å²) < 4.78 is 0. The first-order valence-electron chi connectivity index (χ1n) is 6.75. The third-order valence-corrected chi connectivity index (χ3v) is 4.81. The van der Waals surface area contributed by atoms with Crippen molar-refractivity contribution >= 4 is 10.9 Å². The molecule has 0 amide bonds. The Kier molecular flexibility index (Phi) is 5.22. The molecule has 2 rings (SSSR count). The van der Waals surface area contributed by atoms with Gasteiger partial charge in [0.25, 0.3) is 0 Å². The van der Waals surface area contributed by atoms with E-state index in [0.717, 1.165) is 11.9 Å². The summed E-state index contributed by atoms with van der Waals surface area (Å²) in [6.07, 6.45) is 1.15. The van der Waals surface area contributed by atoms with Gasteiger partial charge in [-0.2, -0.15) is 0 Å². The second-order valence-corrected chi connectivity index (χ2v) is 6.25. The van der Waals surface area contributed by atoms with E-state index in [0.29, 0.717) is 0 Å². The SMILES string of the molecule is CCC(C)(C)C(C)(C)c1ccc2ccccc2n1.[H-].[Na+]. The van der Waals surface area contributed by atoms with E-state index in [9.17, 15) is 0 Å². The van der Waals surface area contributed by atoms with Crippen LogP contribution in [0, 0.1) is 5.41 Å². The average molecular weight is 265 g/mol. The van der Waals surface area contributed by atoms with Crippen molar-refractivity contribution in [2.45, 2.75) is 46.5 Å². The van der Waals surface area contributed by atoms with E-state index in [4.69, 9.17) is 4.98 Å². The summed E-state index contributed by atoms with van der Waals surface area (Å²) >= 11 is 0. The van der Waals surface area contributed by atoms with E-state index < -0.39 is 0 Å². The second-order valence-electron chi connectivity index (χ2n) is 6.25. The molecule has 0 radical (unpaired) electrons. The van der Waals surface area contributed by atoms with Crippen LogP contribution in [0.25, 0.3) is 10.9 Å². The topological polar surface area (TPSA) is 12.9 Å². The molecule has 0 aliphatic carbocycles. The molecule has 2 heteroatoms. The Bertz CT molecular complexity index is 564. The standard InChI is InChI=1S/C17H23N.Na.H/c1-6-16(2,3)17(4,5)15-12-11-13-9-7-8-10-14(13)18-15;;/h7-12H,6H2,1-5H3;;/q;+1;-1. The molecule has 1 heterocycles. The molecule has 0 aliphatic rings. The van der Waals surface area contributed by atoms with E-state index in [1.165, 1.54) is 11.1 Å². The molecule has 19 heavy (non-hydrogen) atoms. The molecule has 1 aromatic carbocycles. The van der Waals surface area contributed by atoms with Gasteiger partial charge in [-0.05, 0) is 17.5 Å². The van der Waals surface area contributed by atoms with Gasteiger partial charge in [0, 0.05) is 16.5 Å². The fourth-order valence-electron chi connectivity index (χ4n) is 2.20. The molecule has 0 saturated heterocycles. The zero-order valence-corrected chi connectivity index (χ0v) is 15.1. The molecular weight excluding hydrogens is 241 g/mol. The van der Waals surface area contributed by atoms with E-state index >= 15 is 0 Å². The van der Waals surface area contributed by atoms with Crippen molar-refractivity contribution in [1.82, 2.24) is 4.98 Å². The number of nitrogens with zero attached hydrogens (tertiary/aromatic N) is 1. The van der Waals surface area contributed by atoms with E-state index in [1.807, 2.05) is 0 Å². The van der Waals surface area contributed by atoms with Gasteiger partial charge in [-0.15, -0.1) is 0 Å². The number of rotatable bonds is 3. The summed E-state index contributed by atoms with van der Waals surface area (Å²) in [5.74, 6) is 0. The average Bonchev–Trinajstić information content (AvgIpc) is 2.37. The van der Waals surface area contributed by atoms with Crippen molar-refractivity contribution in [2.75, 3.05) is 0 Å². The van der Waals surface area contributed by atoms with Crippen molar-refractivity contribution in [2.24, 2.45) is 5.41 Å². The molecule has 0 N–H and O–H groups in total. The van der Waals surface area contributed by atoms with Crippen LogP contribution in [-0.2, 0) is 5.41 Å². The Morgan fingerprint density at radius 2 is 1.63 bits per heavy atom. The van der Waals surface area contributed by atoms with Crippen LogP contribution in [0.1, 0.15) is 48.2 Å². The number of pyridine rings is 1. The maximum Gasteiger partial charge on any atom is 1.00 e. The van der Waals surface area contributed by atoms with Crippen LogP contribution >= 0.6 is 0 Å². The Morgan fingerprint density at radius 1 is 1.00 bits per heavy atom. The molecule has 0 aliphatic heterocycles. The van der Waals surface area contributed by atoms with Crippen molar-refractivity contribution < 1.29 is 31.0 Å². The molecule has 0 saturated carbocycles. The van der Waals surface area contributed by atoms with Gasteiger partial charge in [0.05, 0.1) is 5.52 Å². The molecule has 1 aromatic heterocycles. The molecule has 1 nitrogen and oxygen atoms in total. The quantitative estimate of drug-likeness (QED) is 0.774. The smallest absolute Gasteiger partial charge is 1.00 e. The van der Waals surface area contributed by atoms with Crippen LogP contribution in [0.15, 0.2) is 36.4 Å². The Morgan fingerprint density at radius 3 is 2.26 bits per heavy atom. The van der Waals surface area contributed by atoms with Crippen LogP contribution < -0.4 is 29.6 Å². The van der Waals surface area contributed by atoms with Crippen LogP contribution in [0.4, 0.5) is 0 Å². The van der Waals surface area contributed by atoms with E-state index in [1.54, 1.807) is 0 Å². The maximum absolute atomic E-state index is 4.86. The van der Waals surface area contributed by atoms with Gasteiger partial charge < -0.3 is 1.43 Å². The largest absolute Gasteiger partial charge is 1.00 e. The molecule has 0 spiro atoms. The molecular formula is C17H24NNa. The number of hydrogen-bond acceptors (Lipinski definition) is 1. The molecule has 2 aromatic rings. The Balaban J connectivity index is 0.00000180. The minimum atomic E-state index is 0. The number of fused-ring (bicyclic) bond motifs is 1. The van der Waals surface area contributed by atoms with Crippen LogP contribution in [0.2, 0.25) is 0 Å². The number of aromatic nitrogens is 1. The van der Waals surface area contributed by atoms with Gasteiger partial charge in [0.1, 0.15) is 0 Å². The minimum Gasteiger partial charge on any atom is -1.00 e. The third kappa shape index (κ3) is 3.04. The van der Waals surface area contributed by atoms with Gasteiger partial charge in [0.15, 0.2) is 0 Å². The molecule has 0 unspecified atom stereocenters. The molecule has 0 fully saturated rings. The summed E-state index contributed by atoms with van der Waals surface area (Å²) in [5.41, 5.74) is 2.59. The Hall–Kier alpha value is -0.370. The normalized spacial score (nSPS) is 12.3. The second kappa shape index (κ2) is 5.95. The third-order valence-electron chi connectivity index (χ3n) is 4.81. The molecule has 98 valence electrons. The maximum atomic E-state index is 4.86. The van der Waals surface area contributed by atoms with Crippen molar-refractivity contribution in [3.05, 3.63) is 42.1 Å². The summed E-state index contributed by atoms with van der Waals surface area (Å²) in [6.45, 7) is 11.5. The predicted octanol–water partition coefficient (Wildman–Crippen LogP) is 2.07. The summed E-state index contributed by atoms with van der Waals surface area (Å²) in [4.78, 5) is 4.86. The first-order chi connectivity index (χ1) is 8.38. The summed E-state index contributed by atoms with van der Waals surface area (Å²) in [7, 11) is 0. The van der Waals surface area contributed by atoms with Crippen LogP contribution in [0.5, 0.6) is 0 Å². The first-order valence-corrected chi connectivity index (χ1v) is 6.75. The number of hydrogen-bond donors (Lipinski definition) is 0. The van der Waals surface area contributed by atoms with Gasteiger partial charge in [0.2, 0.25) is 0 Å². The number of para-hydroxylation sites is 1. The fourth-order valence-corrected chi connectivity index (χ4v) is 2.20. The van der Waals surface area contributed by atoms with Gasteiger partial charge in [-0.1, -0.05) is 65.3 Å². The molecule has 0 bridgehead atoms. The van der Waals surface area contributed by atoms with Crippen molar-refractivity contribution in [3.63, 3.8) is 0 Å². The van der Waals surface area contributed by atoms with E-state index in [-0.39, 0.29) is 41.8 Å². The van der Waals surface area contributed by atoms with Crippen molar-refractivity contribution in [1.29, 1.82) is 0 Å². The zero-order valence-electron chi connectivity index (χ0n) is 14.1. The van der Waals surface area contributed by atoms with Gasteiger partial charge in [-0.3, -0.25) is 4.98 Å². The van der Waals surface area contributed by atoms with Gasteiger partial charge in [-0.25, -0.2) is 0 Å². The minimum absolute atomic E-state index is 0.